The molecular weight excluding hydrogens is 382 g/mol. The molecule has 1 aliphatic rings. The number of rotatable bonds is 5. The fraction of sp³-hybridized carbons (Fsp3) is 0.217. The number of ether oxygens (including phenoxy) is 1. The zero-order valence-corrected chi connectivity index (χ0v) is 16.5. The molecule has 2 aromatic carbocycles. The molecule has 0 unspecified atom stereocenters. The van der Waals surface area contributed by atoms with Crippen LogP contribution in [0.1, 0.15) is 45.3 Å². The van der Waals surface area contributed by atoms with Crippen LogP contribution in [0.5, 0.6) is 0 Å². The van der Waals surface area contributed by atoms with Gasteiger partial charge in [-0.3, -0.25) is 14.6 Å². The van der Waals surface area contributed by atoms with Gasteiger partial charge in [0.15, 0.2) is 6.10 Å². The number of fused-ring (bicyclic) bond motifs is 2. The third-order valence-electron chi connectivity index (χ3n) is 5.21. The minimum atomic E-state index is -1.00. The Kier molecular flexibility index (Phi) is 5.18. The van der Waals surface area contributed by atoms with Gasteiger partial charge in [0.1, 0.15) is 0 Å². The van der Waals surface area contributed by atoms with E-state index in [1.807, 2.05) is 24.3 Å². The molecule has 0 bridgehead atoms. The molecule has 7 heteroatoms. The fourth-order valence-corrected chi connectivity index (χ4v) is 3.68. The summed E-state index contributed by atoms with van der Waals surface area (Å²) in [5.74, 6) is -1.55. The lowest BCUT2D eigenvalue weighted by Gasteiger charge is -2.16. The molecule has 0 saturated carbocycles. The molecule has 4 rings (SSSR count). The number of carbonyl (C=O) groups is 3. The molecule has 0 fully saturated rings. The van der Waals surface area contributed by atoms with Gasteiger partial charge in [-0.15, -0.1) is 0 Å². The normalized spacial score (nSPS) is 13.5. The number of primary amides is 1. The lowest BCUT2D eigenvalue weighted by molar-refractivity contribution is -0.123. The van der Waals surface area contributed by atoms with Crippen molar-refractivity contribution in [1.29, 1.82) is 0 Å². The molecule has 2 amide bonds. The number of anilines is 1. The number of nitrogens with one attached hydrogen (secondary N) is 1. The van der Waals surface area contributed by atoms with E-state index in [-0.39, 0.29) is 0 Å². The maximum Gasteiger partial charge on any atom is 0.339 e. The highest BCUT2D eigenvalue weighted by molar-refractivity contribution is 6.06. The van der Waals surface area contributed by atoms with E-state index in [2.05, 4.69) is 10.3 Å². The van der Waals surface area contributed by atoms with Gasteiger partial charge in [-0.25, -0.2) is 4.79 Å². The Balaban J connectivity index is 1.52. The monoisotopic (exact) mass is 403 g/mol. The molecule has 3 aromatic rings. The quantitative estimate of drug-likeness (QED) is 0.636. The highest BCUT2D eigenvalue weighted by Crippen LogP contribution is 2.30. The Bertz CT molecular complexity index is 1160. The van der Waals surface area contributed by atoms with E-state index in [1.54, 1.807) is 12.1 Å². The summed E-state index contributed by atoms with van der Waals surface area (Å²) in [7, 11) is 0. The topological polar surface area (TPSA) is 111 Å². The Hall–Kier alpha value is -3.74. The van der Waals surface area contributed by atoms with Crippen LogP contribution >= 0.6 is 0 Å². The molecule has 1 aromatic heterocycles. The summed E-state index contributed by atoms with van der Waals surface area (Å²) in [5.41, 5.74) is 9.11. The van der Waals surface area contributed by atoms with E-state index in [0.29, 0.717) is 16.8 Å². The molecule has 0 aliphatic heterocycles. The number of benzene rings is 2. The van der Waals surface area contributed by atoms with Crippen molar-refractivity contribution in [2.45, 2.75) is 32.3 Å². The first-order chi connectivity index (χ1) is 14.4. The second kappa shape index (κ2) is 7.94. The van der Waals surface area contributed by atoms with Crippen molar-refractivity contribution in [2.75, 3.05) is 5.32 Å². The Morgan fingerprint density at radius 2 is 1.80 bits per heavy atom. The molecule has 30 heavy (non-hydrogen) atoms. The van der Waals surface area contributed by atoms with Crippen LogP contribution in [0.3, 0.4) is 0 Å². The van der Waals surface area contributed by atoms with E-state index in [0.717, 1.165) is 41.4 Å². The average molecular weight is 403 g/mol. The number of esters is 1. The van der Waals surface area contributed by atoms with Crippen molar-refractivity contribution < 1.29 is 19.1 Å². The number of nitrogens with zero attached hydrogens (tertiary/aromatic N) is 1. The summed E-state index contributed by atoms with van der Waals surface area (Å²) in [6.07, 6.45) is 1.54. The van der Waals surface area contributed by atoms with Gasteiger partial charge in [-0.05, 0) is 62.1 Å². The first kappa shape index (κ1) is 19.6. The summed E-state index contributed by atoms with van der Waals surface area (Å²) in [4.78, 5) is 41.3. The van der Waals surface area contributed by atoms with E-state index in [1.165, 1.54) is 19.1 Å². The maximum atomic E-state index is 13.0. The van der Waals surface area contributed by atoms with Crippen LogP contribution in [0.15, 0.2) is 48.5 Å². The van der Waals surface area contributed by atoms with Crippen LogP contribution in [0.4, 0.5) is 5.69 Å². The lowest BCUT2D eigenvalue weighted by atomic mass is 10.0. The zero-order chi connectivity index (χ0) is 21.3. The molecule has 0 radical (unpaired) electrons. The Morgan fingerprint density at radius 1 is 1.07 bits per heavy atom. The zero-order valence-electron chi connectivity index (χ0n) is 16.5. The molecule has 0 saturated heterocycles. The van der Waals surface area contributed by atoms with E-state index < -0.39 is 23.9 Å². The SMILES string of the molecule is C[C@@H](OC(=O)c1c2c(nc3ccccc13)CCC2)C(=O)Nc1ccc(C(N)=O)cc1. The number of amides is 2. The van der Waals surface area contributed by atoms with Gasteiger partial charge in [0.2, 0.25) is 5.91 Å². The summed E-state index contributed by atoms with van der Waals surface area (Å²) >= 11 is 0. The smallest absolute Gasteiger partial charge is 0.339 e. The van der Waals surface area contributed by atoms with Crippen LogP contribution < -0.4 is 11.1 Å². The van der Waals surface area contributed by atoms with Crippen LogP contribution in [-0.2, 0) is 22.4 Å². The number of aryl methyl sites for hydroxylation is 1. The Labute approximate surface area is 173 Å². The van der Waals surface area contributed by atoms with Crippen molar-refractivity contribution in [3.8, 4) is 0 Å². The van der Waals surface area contributed by atoms with Gasteiger partial charge in [0.25, 0.3) is 5.91 Å². The van der Waals surface area contributed by atoms with E-state index >= 15 is 0 Å². The first-order valence-electron chi connectivity index (χ1n) is 9.76. The highest BCUT2D eigenvalue weighted by Gasteiger charge is 2.27. The van der Waals surface area contributed by atoms with Gasteiger partial charge in [0, 0.05) is 22.3 Å². The number of carbonyl (C=O) groups excluding carboxylic acids is 3. The number of aromatic nitrogens is 1. The van der Waals surface area contributed by atoms with Gasteiger partial charge >= 0.3 is 5.97 Å². The van der Waals surface area contributed by atoms with Crippen molar-refractivity contribution in [3.63, 3.8) is 0 Å². The molecule has 1 heterocycles. The molecule has 0 spiro atoms. The number of pyridine rings is 1. The summed E-state index contributed by atoms with van der Waals surface area (Å²) in [6, 6.07) is 13.6. The number of para-hydroxylation sites is 1. The second-order valence-electron chi connectivity index (χ2n) is 7.26. The van der Waals surface area contributed by atoms with Crippen molar-refractivity contribution in [1.82, 2.24) is 4.98 Å². The second-order valence-corrected chi connectivity index (χ2v) is 7.26. The van der Waals surface area contributed by atoms with Gasteiger partial charge in [0.05, 0.1) is 11.1 Å². The van der Waals surface area contributed by atoms with Crippen molar-refractivity contribution >= 4 is 34.4 Å². The number of hydrogen-bond acceptors (Lipinski definition) is 5. The standard InChI is InChI=1S/C23H21N3O4/c1-13(22(28)25-15-11-9-14(10-12-15)21(24)27)30-23(29)20-16-5-2-3-7-18(16)26-19-8-4-6-17(19)20/h2-3,5,7,9-13H,4,6,8H2,1H3,(H2,24,27)(H,25,28)/t13-/m1/s1. The van der Waals surface area contributed by atoms with Crippen LogP contribution in [0, 0.1) is 0 Å². The van der Waals surface area contributed by atoms with Gasteiger partial charge < -0.3 is 15.8 Å². The average Bonchev–Trinajstić information content (AvgIpc) is 3.20. The summed E-state index contributed by atoms with van der Waals surface area (Å²) in [5, 5.41) is 3.41. The van der Waals surface area contributed by atoms with Crippen molar-refractivity contribution in [3.05, 3.63) is 70.9 Å². The number of hydrogen-bond donors (Lipinski definition) is 2. The predicted octanol–water partition coefficient (Wildman–Crippen LogP) is 3.01. The third kappa shape index (κ3) is 3.74. The summed E-state index contributed by atoms with van der Waals surface area (Å²) in [6.45, 7) is 1.52. The maximum absolute atomic E-state index is 13.0. The molecule has 1 atom stereocenters. The molecule has 3 N–H and O–H groups in total. The molecule has 1 aliphatic carbocycles. The number of nitrogens with two attached hydrogens (primary N) is 1. The van der Waals surface area contributed by atoms with Crippen LogP contribution in [-0.4, -0.2) is 28.9 Å². The highest BCUT2D eigenvalue weighted by atomic mass is 16.5. The minimum Gasteiger partial charge on any atom is -0.449 e. The third-order valence-corrected chi connectivity index (χ3v) is 5.21. The van der Waals surface area contributed by atoms with E-state index in [9.17, 15) is 14.4 Å². The van der Waals surface area contributed by atoms with Gasteiger partial charge in [-0.1, -0.05) is 18.2 Å². The summed E-state index contributed by atoms with van der Waals surface area (Å²) < 4.78 is 5.51. The molecule has 7 nitrogen and oxygen atoms in total. The molecule has 152 valence electrons. The predicted molar refractivity (Wildman–Crippen MR) is 112 cm³/mol. The van der Waals surface area contributed by atoms with Crippen LogP contribution in [0.25, 0.3) is 10.9 Å². The van der Waals surface area contributed by atoms with Gasteiger partial charge in [-0.2, -0.15) is 0 Å². The van der Waals surface area contributed by atoms with Crippen LogP contribution in [0.2, 0.25) is 0 Å². The minimum absolute atomic E-state index is 0.339. The largest absolute Gasteiger partial charge is 0.449 e. The van der Waals surface area contributed by atoms with Crippen molar-refractivity contribution in [2.24, 2.45) is 5.73 Å². The molecular formula is C23H21N3O4. The first-order valence-corrected chi connectivity index (χ1v) is 9.76. The van der Waals surface area contributed by atoms with E-state index in [4.69, 9.17) is 10.5 Å². The Morgan fingerprint density at radius 3 is 2.53 bits per heavy atom. The fourth-order valence-electron chi connectivity index (χ4n) is 3.68. The lowest BCUT2D eigenvalue weighted by Crippen LogP contribution is -2.30.